The molecule has 3 aromatic rings. The second-order valence-corrected chi connectivity index (χ2v) is 9.83. The summed E-state index contributed by atoms with van der Waals surface area (Å²) in [6.07, 6.45) is 2.07. The highest BCUT2D eigenvalue weighted by Crippen LogP contribution is 2.35. The summed E-state index contributed by atoms with van der Waals surface area (Å²) in [6, 6.07) is 12.0. The molecule has 2 N–H and O–H groups in total. The van der Waals surface area contributed by atoms with Gasteiger partial charge in [0.25, 0.3) is 0 Å². The summed E-state index contributed by atoms with van der Waals surface area (Å²) in [5, 5.41) is 24.3. The van der Waals surface area contributed by atoms with Crippen molar-refractivity contribution in [3.05, 3.63) is 42.1 Å². The first-order chi connectivity index (χ1) is 14.0. The average Bonchev–Trinajstić information content (AvgIpc) is 2.66. The van der Waals surface area contributed by atoms with Crippen molar-refractivity contribution in [2.75, 3.05) is 11.9 Å². The molecule has 158 valence electrons. The topological polar surface area (TPSA) is 74.2 Å². The minimum atomic E-state index is 0.0655. The second kappa shape index (κ2) is 7.20. The third-order valence-corrected chi connectivity index (χ3v) is 5.98. The van der Waals surface area contributed by atoms with Gasteiger partial charge in [0.2, 0.25) is 0 Å². The van der Waals surface area contributed by atoms with Gasteiger partial charge in [-0.15, -0.1) is 10.2 Å². The first-order valence-electron chi connectivity index (χ1n) is 10.5. The average molecular weight is 406 g/mol. The van der Waals surface area contributed by atoms with E-state index in [0.717, 1.165) is 29.7 Å². The smallest absolute Gasteiger partial charge is 0.151 e. The zero-order chi connectivity index (χ0) is 21.7. The molecule has 6 heteroatoms. The van der Waals surface area contributed by atoms with Crippen molar-refractivity contribution in [3.8, 4) is 17.0 Å². The lowest BCUT2D eigenvalue weighted by molar-refractivity contribution is 0.160. The number of aromatic nitrogens is 3. The highest BCUT2D eigenvalue weighted by Gasteiger charge is 2.39. The van der Waals surface area contributed by atoms with Crippen LogP contribution in [0.15, 0.2) is 36.4 Å². The number of phenolic OH excluding ortho intramolecular Hbond substituents is 1. The van der Waals surface area contributed by atoms with Crippen LogP contribution in [-0.4, -0.2) is 44.5 Å². The van der Waals surface area contributed by atoms with E-state index in [9.17, 15) is 5.11 Å². The third-order valence-electron chi connectivity index (χ3n) is 5.98. The van der Waals surface area contributed by atoms with Crippen LogP contribution in [0.25, 0.3) is 22.2 Å². The largest absolute Gasteiger partial charge is 0.505 e. The van der Waals surface area contributed by atoms with Crippen LogP contribution in [0.5, 0.6) is 5.75 Å². The van der Waals surface area contributed by atoms with Crippen LogP contribution in [0, 0.1) is 6.92 Å². The van der Waals surface area contributed by atoms with E-state index < -0.39 is 0 Å². The molecule has 0 bridgehead atoms. The molecule has 0 aliphatic carbocycles. The Balaban J connectivity index is 1.62. The summed E-state index contributed by atoms with van der Waals surface area (Å²) in [5.74, 6) is 0.986. The first kappa shape index (κ1) is 20.5. The van der Waals surface area contributed by atoms with Gasteiger partial charge < -0.3 is 15.3 Å². The quantitative estimate of drug-likeness (QED) is 0.671. The molecule has 2 aromatic heterocycles. The Morgan fingerprint density at radius 1 is 0.967 bits per heavy atom. The zero-order valence-electron chi connectivity index (χ0n) is 18.7. The number of rotatable bonds is 3. The van der Waals surface area contributed by atoms with Crippen molar-refractivity contribution in [1.29, 1.82) is 0 Å². The van der Waals surface area contributed by atoms with E-state index in [1.807, 2.05) is 43.3 Å². The number of nitrogens with one attached hydrogen (secondary N) is 1. The Labute approximate surface area is 178 Å². The molecule has 0 spiro atoms. The van der Waals surface area contributed by atoms with Crippen LogP contribution in [0.1, 0.15) is 46.2 Å². The summed E-state index contributed by atoms with van der Waals surface area (Å²) in [6.45, 7) is 10.9. The van der Waals surface area contributed by atoms with Crippen molar-refractivity contribution >= 4 is 16.7 Å². The molecule has 0 unspecified atom stereocenters. The molecule has 0 amide bonds. The molecule has 0 atom stereocenters. The van der Waals surface area contributed by atoms with E-state index in [0.29, 0.717) is 22.8 Å². The number of aromatic hydroxyl groups is 1. The van der Waals surface area contributed by atoms with Crippen LogP contribution < -0.4 is 10.2 Å². The zero-order valence-corrected chi connectivity index (χ0v) is 18.7. The van der Waals surface area contributed by atoms with Gasteiger partial charge in [-0.3, -0.25) is 0 Å². The lowest BCUT2D eigenvalue weighted by Crippen LogP contribution is -2.62. The number of hydrogen-bond donors (Lipinski definition) is 2. The standard InChI is InChI=1S/C24H31N5O/c1-15-7-8-16-9-10-18(22(30)21(16)25-15)19-11-12-20(27-26-19)29(6)17-13-23(2,3)28-24(4,5)14-17/h7-12,17,28,30H,13-14H2,1-6H3. The van der Waals surface area contributed by atoms with Crippen molar-refractivity contribution in [2.24, 2.45) is 0 Å². The molecule has 1 saturated heterocycles. The Kier molecular flexibility index (Phi) is 4.93. The monoisotopic (exact) mass is 405 g/mol. The molecule has 1 aliphatic heterocycles. The van der Waals surface area contributed by atoms with Gasteiger partial charge in [-0.2, -0.15) is 0 Å². The van der Waals surface area contributed by atoms with Crippen molar-refractivity contribution in [1.82, 2.24) is 20.5 Å². The van der Waals surface area contributed by atoms with E-state index in [1.165, 1.54) is 0 Å². The molecule has 3 heterocycles. The van der Waals surface area contributed by atoms with Gasteiger partial charge in [0, 0.05) is 40.8 Å². The van der Waals surface area contributed by atoms with Gasteiger partial charge in [0.05, 0.1) is 5.69 Å². The number of hydrogen-bond acceptors (Lipinski definition) is 6. The first-order valence-corrected chi connectivity index (χ1v) is 10.5. The fourth-order valence-electron chi connectivity index (χ4n) is 4.86. The predicted octanol–water partition coefficient (Wildman–Crippen LogP) is 4.45. The van der Waals surface area contributed by atoms with E-state index in [-0.39, 0.29) is 16.8 Å². The molecule has 0 saturated carbocycles. The number of piperidine rings is 1. The third kappa shape index (κ3) is 3.97. The highest BCUT2D eigenvalue weighted by molar-refractivity contribution is 5.91. The molecule has 4 rings (SSSR count). The normalized spacial score (nSPS) is 18.5. The molecule has 1 aliphatic rings. The maximum atomic E-state index is 10.8. The van der Waals surface area contributed by atoms with E-state index in [4.69, 9.17) is 0 Å². The number of aryl methyl sites for hydroxylation is 1. The molecular weight excluding hydrogens is 374 g/mol. The Hall–Kier alpha value is -2.73. The molecule has 0 radical (unpaired) electrons. The summed E-state index contributed by atoms with van der Waals surface area (Å²) < 4.78 is 0. The number of pyridine rings is 1. The van der Waals surface area contributed by atoms with E-state index in [1.54, 1.807) is 0 Å². The van der Waals surface area contributed by atoms with Gasteiger partial charge in [-0.1, -0.05) is 12.1 Å². The number of anilines is 1. The van der Waals surface area contributed by atoms with Crippen LogP contribution in [0.2, 0.25) is 0 Å². The van der Waals surface area contributed by atoms with Crippen LogP contribution in [-0.2, 0) is 0 Å². The van der Waals surface area contributed by atoms with Crippen molar-refractivity contribution in [3.63, 3.8) is 0 Å². The minimum Gasteiger partial charge on any atom is -0.505 e. The number of nitrogens with zero attached hydrogens (tertiary/aromatic N) is 4. The summed E-state index contributed by atoms with van der Waals surface area (Å²) in [5.41, 5.74) is 2.87. The molecule has 30 heavy (non-hydrogen) atoms. The number of benzene rings is 1. The summed E-state index contributed by atoms with van der Waals surface area (Å²) >= 11 is 0. The van der Waals surface area contributed by atoms with Crippen LogP contribution in [0.3, 0.4) is 0 Å². The number of phenols is 1. The van der Waals surface area contributed by atoms with Gasteiger partial charge in [0.1, 0.15) is 5.52 Å². The van der Waals surface area contributed by atoms with Gasteiger partial charge >= 0.3 is 0 Å². The Morgan fingerprint density at radius 2 is 1.63 bits per heavy atom. The Bertz CT molecular complexity index is 1060. The summed E-state index contributed by atoms with van der Waals surface area (Å²) in [7, 11) is 2.09. The molecule has 1 fully saturated rings. The lowest BCUT2D eigenvalue weighted by Gasteiger charge is -2.49. The van der Waals surface area contributed by atoms with E-state index in [2.05, 4.69) is 60.1 Å². The highest BCUT2D eigenvalue weighted by atomic mass is 16.3. The molecule has 6 nitrogen and oxygen atoms in total. The molecule has 1 aromatic carbocycles. The van der Waals surface area contributed by atoms with Crippen molar-refractivity contribution < 1.29 is 5.11 Å². The van der Waals surface area contributed by atoms with E-state index >= 15 is 0 Å². The summed E-state index contributed by atoms with van der Waals surface area (Å²) in [4.78, 5) is 6.71. The SMILES string of the molecule is Cc1ccc2ccc(-c3ccc(N(C)C4CC(C)(C)NC(C)(C)C4)nn3)c(O)c2n1. The van der Waals surface area contributed by atoms with Gasteiger partial charge in [0.15, 0.2) is 11.6 Å². The maximum Gasteiger partial charge on any atom is 0.151 e. The maximum absolute atomic E-state index is 10.8. The van der Waals surface area contributed by atoms with Crippen molar-refractivity contribution in [2.45, 2.75) is 64.6 Å². The lowest BCUT2D eigenvalue weighted by atomic mass is 9.79. The number of fused-ring (bicyclic) bond motifs is 1. The molecular formula is C24H31N5O. The fourth-order valence-corrected chi connectivity index (χ4v) is 4.86. The second-order valence-electron chi connectivity index (χ2n) is 9.83. The van der Waals surface area contributed by atoms with Gasteiger partial charge in [-0.05, 0) is 71.7 Å². The van der Waals surface area contributed by atoms with Gasteiger partial charge in [-0.25, -0.2) is 4.98 Å². The minimum absolute atomic E-state index is 0.0655. The fraction of sp³-hybridized carbons (Fsp3) is 0.458. The Morgan fingerprint density at radius 3 is 2.27 bits per heavy atom. The van der Waals surface area contributed by atoms with Crippen LogP contribution >= 0.6 is 0 Å². The predicted molar refractivity (Wildman–Crippen MR) is 122 cm³/mol. The van der Waals surface area contributed by atoms with Crippen LogP contribution in [0.4, 0.5) is 5.82 Å².